The molecule has 17 heavy (non-hydrogen) atoms. The Morgan fingerprint density at radius 3 is 2.88 bits per heavy atom. The fraction of sp³-hybridized carbons (Fsp3) is 0.600. The van der Waals surface area contributed by atoms with Crippen molar-refractivity contribution in [3.8, 4) is 0 Å². The summed E-state index contributed by atoms with van der Waals surface area (Å²) in [6, 6.07) is 9.65. The number of benzene rings is 1. The van der Waals surface area contributed by atoms with Crippen molar-refractivity contribution in [1.82, 2.24) is 0 Å². The number of fused-ring (bicyclic) bond motifs is 2. The fourth-order valence-corrected chi connectivity index (χ4v) is 3.69. The maximum atomic E-state index is 5.80. The van der Waals surface area contributed by atoms with Crippen LogP contribution >= 0.6 is 0 Å². The zero-order valence-electron chi connectivity index (χ0n) is 10.4. The van der Waals surface area contributed by atoms with Crippen LogP contribution in [-0.2, 0) is 6.42 Å². The maximum absolute atomic E-state index is 5.80. The Morgan fingerprint density at radius 1 is 1.18 bits per heavy atom. The van der Waals surface area contributed by atoms with E-state index in [1.165, 1.54) is 43.4 Å². The lowest BCUT2D eigenvalue weighted by atomic mass is 9.76. The normalized spacial score (nSPS) is 27.5. The second-order valence-electron chi connectivity index (χ2n) is 5.43. The largest absolute Gasteiger partial charge is 0.367 e. The molecule has 0 amide bonds. The smallest absolute Gasteiger partial charge is 0.0401 e. The predicted molar refractivity (Wildman–Crippen MR) is 72.3 cm³/mol. The third kappa shape index (κ3) is 1.95. The molecule has 1 fully saturated rings. The zero-order chi connectivity index (χ0) is 11.7. The van der Waals surface area contributed by atoms with Crippen molar-refractivity contribution in [3.05, 3.63) is 29.8 Å². The van der Waals surface area contributed by atoms with Crippen LogP contribution < -0.4 is 10.6 Å². The number of nitrogens with two attached hydrogens (primary N) is 1. The van der Waals surface area contributed by atoms with Crippen LogP contribution in [-0.4, -0.2) is 19.1 Å². The monoisotopic (exact) mass is 230 g/mol. The minimum absolute atomic E-state index is 0.752. The Morgan fingerprint density at radius 2 is 2.00 bits per heavy atom. The average Bonchev–Trinajstić information content (AvgIpc) is 2.39. The molecule has 2 N–H and O–H groups in total. The third-order valence-corrected chi connectivity index (χ3v) is 4.42. The number of anilines is 1. The van der Waals surface area contributed by atoms with Gasteiger partial charge in [0.05, 0.1) is 0 Å². The summed E-state index contributed by atoms with van der Waals surface area (Å²) >= 11 is 0. The summed E-state index contributed by atoms with van der Waals surface area (Å²) in [6.07, 6.45) is 6.85. The molecule has 2 aliphatic rings. The number of nitrogens with zero attached hydrogens (tertiary/aromatic N) is 1. The number of hydrogen-bond donors (Lipinski definition) is 1. The van der Waals surface area contributed by atoms with Crippen LogP contribution in [0.2, 0.25) is 0 Å². The van der Waals surface area contributed by atoms with Crippen molar-refractivity contribution in [3.63, 3.8) is 0 Å². The van der Waals surface area contributed by atoms with Gasteiger partial charge in [0.2, 0.25) is 0 Å². The average molecular weight is 230 g/mol. The van der Waals surface area contributed by atoms with Gasteiger partial charge in [-0.05, 0) is 36.8 Å². The lowest BCUT2D eigenvalue weighted by Crippen LogP contribution is -2.48. The molecule has 92 valence electrons. The van der Waals surface area contributed by atoms with E-state index in [0.29, 0.717) is 0 Å². The van der Waals surface area contributed by atoms with E-state index >= 15 is 0 Å². The number of hydrogen-bond acceptors (Lipinski definition) is 2. The molecule has 2 heteroatoms. The van der Waals surface area contributed by atoms with Gasteiger partial charge < -0.3 is 10.6 Å². The molecule has 0 saturated heterocycles. The van der Waals surface area contributed by atoms with Gasteiger partial charge in [-0.1, -0.05) is 31.0 Å². The Bertz CT molecular complexity index is 388. The van der Waals surface area contributed by atoms with Gasteiger partial charge in [0, 0.05) is 24.8 Å². The van der Waals surface area contributed by atoms with Crippen molar-refractivity contribution in [2.24, 2.45) is 11.7 Å². The summed E-state index contributed by atoms with van der Waals surface area (Å²) in [5, 5.41) is 0. The number of para-hydroxylation sites is 1. The topological polar surface area (TPSA) is 29.3 Å². The lowest BCUT2D eigenvalue weighted by Gasteiger charge is -2.46. The van der Waals surface area contributed by atoms with E-state index in [0.717, 1.165) is 25.0 Å². The molecule has 1 aliphatic carbocycles. The molecule has 1 heterocycles. The highest BCUT2D eigenvalue weighted by molar-refractivity contribution is 5.57. The highest BCUT2D eigenvalue weighted by Gasteiger charge is 2.34. The summed E-state index contributed by atoms with van der Waals surface area (Å²) in [5.74, 6) is 0.866. The van der Waals surface area contributed by atoms with E-state index in [1.807, 2.05) is 0 Å². The molecule has 0 radical (unpaired) electrons. The summed E-state index contributed by atoms with van der Waals surface area (Å²) in [5.41, 5.74) is 8.77. The van der Waals surface area contributed by atoms with E-state index in [9.17, 15) is 0 Å². The second-order valence-corrected chi connectivity index (χ2v) is 5.43. The van der Waals surface area contributed by atoms with E-state index in [2.05, 4.69) is 29.2 Å². The van der Waals surface area contributed by atoms with Crippen molar-refractivity contribution >= 4 is 5.69 Å². The molecule has 1 saturated carbocycles. The molecule has 1 aromatic rings. The molecule has 0 unspecified atom stereocenters. The van der Waals surface area contributed by atoms with Gasteiger partial charge in [0.25, 0.3) is 0 Å². The van der Waals surface area contributed by atoms with Crippen LogP contribution in [0.25, 0.3) is 0 Å². The first-order valence-electron chi connectivity index (χ1n) is 6.95. The van der Waals surface area contributed by atoms with Gasteiger partial charge in [0.1, 0.15) is 0 Å². The van der Waals surface area contributed by atoms with E-state index in [-0.39, 0.29) is 0 Å². The first-order chi connectivity index (χ1) is 8.40. The van der Waals surface area contributed by atoms with Gasteiger partial charge in [-0.2, -0.15) is 0 Å². The first kappa shape index (κ1) is 11.1. The van der Waals surface area contributed by atoms with Crippen LogP contribution in [0.4, 0.5) is 5.69 Å². The van der Waals surface area contributed by atoms with Crippen LogP contribution in [0.15, 0.2) is 24.3 Å². The van der Waals surface area contributed by atoms with E-state index < -0.39 is 0 Å². The van der Waals surface area contributed by atoms with Crippen LogP contribution in [0.1, 0.15) is 31.2 Å². The highest BCUT2D eigenvalue weighted by atomic mass is 15.2. The minimum Gasteiger partial charge on any atom is -0.367 e. The summed E-state index contributed by atoms with van der Waals surface area (Å²) < 4.78 is 0. The molecule has 1 aromatic carbocycles. The second kappa shape index (κ2) is 4.69. The molecule has 2 atom stereocenters. The van der Waals surface area contributed by atoms with Crippen LogP contribution in [0.3, 0.4) is 0 Å². The Hall–Kier alpha value is -1.02. The third-order valence-electron chi connectivity index (χ3n) is 4.42. The van der Waals surface area contributed by atoms with Crippen molar-refractivity contribution < 1.29 is 0 Å². The van der Waals surface area contributed by atoms with E-state index in [1.54, 1.807) is 0 Å². The van der Waals surface area contributed by atoms with Gasteiger partial charge in [-0.25, -0.2) is 0 Å². The molecule has 1 aliphatic heterocycles. The summed E-state index contributed by atoms with van der Waals surface area (Å²) in [6.45, 7) is 1.77. The van der Waals surface area contributed by atoms with Gasteiger partial charge in [-0.3, -0.25) is 0 Å². The predicted octanol–water partition coefficient (Wildman–Crippen LogP) is 2.57. The Kier molecular flexibility index (Phi) is 3.06. The Balaban J connectivity index is 1.96. The zero-order valence-corrected chi connectivity index (χ0v) is 10.4. The summed E-state index contributed by atoms with van der Waals surface area (Å²) in [4.78, 5) is 2.59. The maximum Gasteiger partial charge on any atom is 0.0401 e. The van der Waals surface area contributed by atoms with Gasteiger partial charge in [-0.15, -0.1) is 0 Å². The van der Waals surface area contributed by atoms with Crippen LogP contribution in [0.5, 0.6) is 0 Å². The van der Waals surface area contributed by atoms with Gasteiger partial charge >= 0.3 is 0 Å². The summed E-state index contributed by atoms with van der Waals surface area (Å²) in [7, 11) is 0. The highest BCUT2D eigenvalue weighted by Crippen LogP contribution is 2.40. The molecule has 2 nitrogen and oxygen atoms in total. The minimum atomic E-state index is 0.752. The molecule has 0 spiro atoms. The van der Waals surface area contributed by atoms with Crippen molar-refractivity contribution in [1.29, 1.82) is 0 Å². The SMILES string of the molecule is NCCN1c2ccccc2C[C@H]2CCCC[C@H]21. The molecule has 3 rings (SSSR count). The lowest BCUT2D eigenvalue weighted by molar-refractivity contribution is 0.280. The van der Waals surface area contributed by atoms with Crippen LogP contribution in [0, 0.1) is 5.92 Å². The fourth-order valence-electron chi connectivity index (χ4n) is 3.69. The first-order valence-corrected chi connectivity index (χ1v) is 6.95. The van der Waals surface area contributed by atoms with E-state index in [4.69, 9.17) is 5.73 Å². The van der Waals surface area contributed by atoms with Crippen molar-refractivity contribution in [2.75, 3.05) is 18.0 Å². The van der Waals surface area contributed by atoms with Gasteiger partial charge in [0.15, 0.2) is 0 Å². The number of rotatable bonds is 2. The molecular weight excluding hydrogens is 208 g/mol. The van der Waals surface area contributed by atoms with Crippen molar-refractivity contribution in [2.45, 2.75) is 38.1 Å². The molecule has 0 bridgehead atoms. The Labute approximate surface area is 104 Å². The quantitative estimate of drug-likeness (QED) is 0.846. The molecule has 0 aromatic heterocycles. The standard InChI is InChI=1S/C15H22N2/c16-9-10-17-14-7-3-1-5-12(14)11-13-6-2-4-8-15(13)17/h1,3,5,7,13,15H,2,4,6,8-11,16H2/t13-,15-/m1/s1. The molecular formula is C15H22N2.